The van der Waals surface area contributed by atoms with Crippen LogP contribution in [0, 0.1) is 5.41 Å². The second-order valence-corrected chi connectivity index (χ2v) is 5.64. The Morgan fingerprint density at radius 1 is 1.05 bits per heavy atom. The van der Waals surface area contributed by atoms with Crippen molar-refractivity contribution in [1.82, 2.24) is 0 Å². The molecule has 110 valence electrons. The maximum atomic E-state index is 11.4. The molecule has 0 saturated carbocycles. The first kappa shape index (κ1) is 15.3. The van der Waals surface area contributed by atoms with Crippen molar-refractivity contribution in [3.05, 3.63) is 60.2 Å². The third kappa shape index (κ3) is 3.70. The van der Waals surface area contributed by atoms with Crippen LogP contribution in [0.4, 0.5) is 0 Å². The van der Waals surface area contributed by atoms with E-state index in [1.165, 1.54) is 0 Å². The van der Waals surface area contributed by atoms with Gasteiger partial charge in [-0.15, -0.1) is 0 Å². The monoisotopic (exact) mass is 283 g/mol. The topological polar surface area (TPSA) is 63.3 Å². The summed E-state index contributed by atoms with van der Waals surface area (Å²) in [6.45, 7) is 2.14. The number of carboxylic acids is 1. The lowest BCUT2D eigenvalue weighted by molar-refractivity contribution is -0.148. The molecule has 0 amide bonds. The smallest absolute Gasteiger partial charge is 0.309 e. The molecule has 0 aliphatic rings. The number of hydrogen-bond acceptors (Lipinski definition) is 2. The van der Waals surface area contributed by atoms with Crippen LogP contribution in [0.1, 0.15) is 18.9 Å². The average Bonchev–Trinajstić information content (AvgIpc) is 2.49. The number of nitrogens with two attached hydrogens (primary N) is 1. The van der Waals surface area contributed by atoms with E-state index in [1.54, 1.807) is 6.92 Å². The molecule has 1 atom stereocenters. The van der Waals surface area contributed by atoms with Gasteiger partial charge >= 0.3 is 5.97 Å². The quantitative estimate of drug-likeness (QED) is 0.854. The van der Waals surface area contributed by atoms with Crippen molar-refractivity contribution in [2.45, 2.75) is 19.8 Å². The van der Waals surface area contributed by atoms with E-state index in [0.717, 1.165) is 16.7 Å². The fourth-order valence-corrected chi connectivity index (χ4v) is 2.49. The summed E-state index contributed by atoms with van der Waals surface area (Å²) in [7, 11) is 0. The molecule has 2 rings (SSSR count). The van der Waals surface area contributed by atoms with Crippen LogP contribution in [-0.2, 0) is 11.2 Å². The molecule has 0 unspecified atom stereocenters. The third-order valence-corrected chi connectivity index (χ3v) is 3.87. The Kier molecular flexibility index (Phi) is 4.76. The minimum Gasteiger partial charge on any atom is -0.481 e. The highest BCUT2D eigenvalue weighted by atomic mass is 16.4. The first-order chi connectivity index (χ1) is 10.0. The Hall–Kier alpha value is -2.13. The second kappa shape index (κ2) is 6.55. The second-order valence-electron chi connectivity index (χ2n) is 5.64. The number of rotatable bonds is 6. The molecular weight excluding hydrogens is 262 g/mol. The van der Waals surface area contributed by atoms with Crippen LogP contribution in [0.2, 0.25) is 0 Å². The van der Waals surface area contributed by atoms with E-state index in [0.29, 0.717) is 19.4 Å². The molecule has 0 aromatic heterocycles. The molecule has 0 aliphatic carbocycles. The van der Waals surface area contributed by atoms with E-state index < -0.39 is 11.4 Å². The number of carboxylic acid groups (broad SMARTS) is 1. The molecule has 0 spiro atoms. The van der Waals surface area contributed by atoms with Gasteiger partial charge in [-0.25, -0.2) is 0 Å². The van der Waals surface area contributed by atoms with Crippen LogP contribution in [0.5, 0.6) is 0 Å². The van der Waals surface area contributed by atoms with Crippen LogP contribution in [0.25, 0.3) is 11.1 Å². The van der Waals surface area contributed by atoms with Crippen molar-refractivity contribution in [2.75, 3.05) is 6.54 Å². The molecule has 2 aromatic rings. The van der Waals surface area contributed by atoms with Crippen molar-refractivity contribution in [3.8, 4) is 11.1 Å². The lowest BCUT2D eigenvalue weighted by Crippen LogP contribution is -2.32. The fraction of sp³-hybridized carbons (Fsp3) is 0.278. The van der Waals surface area contributed by atoms with E-state index in [2.05, 4.69) is 12.1 Å². The van der Waals surface area contributed by atoms with Gasteiger partial charge in [0.25, 0.3) is 0 Å². The van der Waals surface area contributed by atoms with Gasteiger partial charge in [0.1, 0.15) is 0 Å². The first-order valence-corrected chi connectivity index (χ1v) is 7.13. The number of aliphatic carboxylic acids is 1. The van der Waals surface area contributed by atoms with Crippen LogP contribution in [0.15, 0.2) is 54.6 Å². The van der Waals surface area contributed by atoms with E-state index in [9.17, 15) is 9.90 Å². The van der Waals surface area contributed by atoms with Gasteiger partial charge in [0.2, 0.25) is 0 Å². The normalized spacial score (nSPS) is 13.6. The van der Waals surface area contributed by atoms with Crippen LogP contribution in [-0.4, -0.2) is 17.6 Å². The predicted molar refractivity (Wildman–Crippen MR) is 85.0 cm³/mol. The Labute approximate surface area is 125 Å². The third-order valence-electron chi connectivity index (χ3n) is 3.87. The summed E-state index contributed by atoms with van der Waals surface area (Å²) in [5, 5.41) is 9.40. The molecular formula is C18H21NO2. The largest absolute Gasteiger partial charge is 0.481 e. The Balaban J connectivity index is 2.17. The SMILES string of the molecule is C[C@](CCN)(Cc1ccc(-c2ccccc2)cc1)C(=O)O. The van der Waals surface area contributed by atoms with Gasteiger partial charge in [-0.05, 0) is 43.0 Å². The first-order valence-electron chi connectivity index (χ1n) is 7.13. The Morgan fingerprint density at radius 3 is 2.14 bits per heavy atom. The van der Waals surface area contributed by atoms with E-state index in [-0.39, 0.29) is 0 Å². The predicted octanol–water partition coefficient (Wildman–Crippen LogP) is 3.34. The molecule has 0 bridgehead atoms. The zero-order chi connectivity index (χ0) is 15.3. The highest BCUT2D eigenvalue weighted by Crippen LogP contribution is 2.28. The Bertz CT molecular complexity index is 592. The minimum atomic E-state index is -0.803. The summed E-state index contributed by atoms with van der Waals surface area (Å²) in [6, 6.07) is 18.2. The van der Waals surface area contributed by atoms with Gasteiger partial charge in [0.05, 0.1) is 5.41 Å². The number of benzene rings is 2. The van der Waals surface area contributed by atoms with Gasteiger partial charge < -0.3 is 10.8 Å². The van der Waals surface area contributed by atoms with Crippen molar-refractivity contribution < 1.29 is 9.90 Å². The summed E-state index contributed by atoms with van der Waals surface area (Å²) in [4.78, 5) is 11.4. The molecule has 0 heterocycles. The molecule has 0 fully saturated rings. The fourth-order valence-electron chi connectivity index (χ4n) is 2.49. The summed E-state index contributed by atoms with van der Waals surface area (Å²) in [5.74, 6) is -0.792. The van der Waals surface area contributed by atoms with E-state index in [4.69, 9.17) is 5.73 Å². The molecule has 2 aromatic carbocycles. The maximum absolute atomic E-state index is 11.4. The molecule has 0 aliphatic heterocycles. The van der Waals surface area contributed by atoms with Gasteiger partial charge in [-0.3, -0.25) is 4.79 Å². The lowest BCUT2D eigenvalue weighted by atomic mass is 9.80. The van der Waals surface area contributed by atoms with Gasteiger partial charge in [0, 0.05) is 0 Å². The standard InChI is InChI=1S/C18H21NO2/c1-18(11-12-19,17(20)21)13-14-7-9-16(10-8-14)15-5-3-2-4-6-15/h2-10H,11-13,19H2,1H3,(H,20,21)/t18-/m0/s1. The minimum absolute atomic E-state index is 0.380. The molecule has 21 heavy (non-hydrogen) atoms. The maximum Gasteiger partial charge on any atom is 0.309 e. The van der Waals surface area contributed by atoms with Crippen molar-refractivity contribution in [1.29, 1.82) is 0 Å². The molecule has 3 N–H and O–H groups in total. The van der Waals surface area contributed by atoms with Crippen molar-refractivity contribution >= 4 is 5.97 Å². The zero-order valence-corrected chi connectivity index (χ0v) is 12.3. The summed E-state index contributed by atoms with van der Waals surface area (Å²) in [5.41, 5.74) is 8.06. The lowest BCUT2D eigenvalue weighted by Gasteiger charge is -2.24. The van der Waals surface area contributed by atoms with E-state index in [1.807, 2.05) is 42.5 Å². The summed E-state index contributed by atoms with van der Waals surface area (Å²) >= 11 is 0. The number of carbonyl (C=O) groups is 1. The summed E-state index contributed by atoms with van der Waals surface area (Å²) in [6.07, 6.45) is 0.970. The van der Waals surface area contributed by atoms with Crippen molar-refractivity contribution in [2.24, 2.45) is 11.1 Å². The average molecular weight is 283 g/mol. The molecule has 3 nitrogen and oxygen atoms in total. The highest BCUT2D eigenvalue weighted by molar-refractivity contribution is 5.74. The van der Waals surface area contributed by atoms with Crippen LogP contribution < -0.4 is 5.73 Å². The van der Waals surface area contributed by atoms with Crippen LogP contribution in [0.3, 0.4) is 0 Å². The molecule has 0 saturated heterocycles. The summed E-state index contributed by atoms with van der Waals surface area (Å²) < 4.78 is 0. The zero-order valence-electron chi connectivity index (χ0n) is 12.3. The highest BCUT2D eigenvalue weighted by Gasteiger charge is 2.32. The van der Waals surface area contributed by atoms with E-state index >= 15 is 0 Å². The van der Waals surface area contributed by atoms with Gasteiger partial charge in [-0.2, -0.15) is 0 Å². The van der Waals surface area contributed by atoms with Crippen molar-refractivity contribution in [3.63, 3.8) is 0 Å². The van der Waals surface area contributed by atoms with Gasteiger partial charge in [0.15, 0.2) is 0 Å². The molecule has 3 heteroatoms. The van der Waals surface area contributed by atoms with Gasteiger partial charge in [-0.1, -0.05) is 54.6 Å². The molecule has 0 radical (unpaired) electrons. The number of hydrogen-bond donors (Lipinski definition) is 2. The van der Waals surface area contributed by atoms with Crippen LogP contribution >= 0.6 is 0 Å². The Morgan fingerprint density at radius 2 is 1.62 bits per heavy atom.